The third kappa shape index (κ3) is 6.36. The minimum absolute atomic E-state index is 0.878. The summed E-state index contributed by atoms with van der Waals surface area (Å²) in [7, 11) is 0. The second-order valence-electron chi connectivity index (χ2n) is 6.04. The van der Waals surface area contributed by atoms with Crippen LogP contribution in [0.3, 0.4) is 0 Å². The van der Waals surface area contributed by atoms with Crippen LogP contribution < -0.4 is 10.6 Å². The molecule has 0 spiro atoms. The zero-order chi connectivity index (χ0) is 15.6. The summed E-state index contributed by atoms with van der Waals surface area (Å²) in [5.74, 6) is 1.85. The maximum absolute atomic E-state index is 4.70. The highest BCUT2D eigenvalue weighted by atomic mass is 32.1. The third-order valence-corrected chi connectivity index (χ3v) is 5.09. The first kappa shape index (κ1) is 17.3. The highest BCUT2D eigenvalue weighted by Gasteiger charge is 2.14. The van der Waals surface area contributed by atoms with Gasteiger partial charge >= 0.3 is 0 Å². The van der Waals surface area contributed by atoms with Gasteiger partial charge in [0.15, 0.2) is 5.96 Å². The van der Waals surface area contributed by atoms with Crippen LogP contribution in [0.15, 0.2) is 22.5 Å². The van der Waals surface area contributed by atoms with Gasteiger partial charge < -0.3 is 15.5 Å². The Morgan fingerprint density at radius 2 is 2.18 bits per heavy atom. The van der Waals surface area contributed by atoms with Crippen LogP contribution in [-0.4, -0.2) is 50.1 Å². The van der Waals surface area contributed by atoms with Crippen LogP contribution in [0.1, 0.15) is 31.6 Å². The van der Waals surface area contributed by atoms with Crippen molar-refractivity contribution in [1.29, 1.82) is 0 Å². The maximum Gasteiger partial charge on any atom is 0.191 e. The lowest BCUT2D eigenvalue weighted by molar-refractivity contribution is 0.197. The monoisotopic (exact) mass is 322 g/mol. The van der Waals surface area contributed by atoms with E-state index in [0.717, 1.165) is 44.5 Å². The van der Waals surface area contributed by atoms with E-state index in [4.69, 9.17) is 4.99 Å². The molecule has 1 aliphatic heterocycles. The molecule has 1 saturated heterocycles. The molecule has 2 N–H and O–H groups in total. The molecule has 1 fully saturated rings. The first-order valence-corrected chi connectivity index (χ1v) is 9.42. The third-order valence-electron chi connectivity index (χ3n) is 4.15. The Morgan fingerprint density at radius 1 is 1.36 bits per heavy atom. The van der Waals surface area contributed by atoms with Crippen molar-refractivity contribution < 1.29 is 0 Å². The lowest BCUT2D eigenvalue weighted by Gasteiger charge is -2.29. The van der Waals surface area contributed by atoms with E-state index < -0.39 is 0 Å². The number of hydrogen-bond donors (Lipinski definition) is 2. The number of guanidine groups is 1. The Balaban J connectivity index is 1.67. The Hall–Kier alpha value is -1.07. The second kappa shape index (κ2) is 9.85. The summed E-state index contributed by atoms with van der Waals surface area (Å²) in [5, 5.41) is 8.90. The molecule has 0 aromatic carbocycles. The molecule has 2 heterocycles. The topological polar surface area (TPSA) is 39.7 Å². The van der Waals surface area contributed by atoms with E-state index in [1.54, 1.807) is 0 Å². The molecule has 0 unspecified atom stereocenters. The lowest BCUT2D eigenvalue weighted by atomic mass is 9.99. The Bertz CT molecular complexity index is 422. The molecule has 0 amide bonds. The Morgan fingerprint density at radius 3 is 2.86 bits per heavy atom. The van der Waals surface area contributed by atoms with E-state index in [0.29, 0.717) is 0 Å². The summed E-state index contributed by atoms with van der Waals surface area (Å²) in [6.45, 7) is 10.7. The van der Waals surface area contributed by atoms with Crippen molar-refractivity contribution in [2.24, 2.45) is 10.9 Å². The van der Waals surface area contributed by atoms with Crippen molar-refractivity contribution in [3.05, 3.63) is 22.4 Å². The zero-order valence-electron chi connectivity index (χ0n) is 14.0. The van der Waals surface area contributed by atoms with Crippen LogP contribution in [0, 0.1) is 5.92 Å². The molecule has 1 aromatic rings. The first-order valence-electron chi connectivity index (χ1n) is 8.55. The van der Waals surface area contributed by atoms with Gasteiger partial charge in [-0.2, -0.15) is 0 Å². The molecule has 2 rings (SSSR count). The van der Waals surface area contributed by atoms with Gasteiger partial charge in [-0.1, -0.05) is 13.0 Å². The molecule has 0 aliphatic carbocycles. The average Bonchev–Trinajstić information content (AvgIpc) is 3.02. The molecular weight excluding hydrogens is 292 g/mol. The summed E-state index contributed by atoms with van der Waals surface area (Å²) in [5.41, 5.74) is 0. The fourth-order valence-corrected chi connectivity index (χ4v) is 3.40. The predicted molar refractivity (Wildman–Crippen MR) is 96.8 cm³/mol. The maximum atomic E-state index is 4.70. The van der Waals surface area contributed by atoms with E-state index in [1.165, 1.54) is 30.8 Å². The van der Waals surface area contributed by atoms with Gasteiger partial charge in [0.25, 0.3) is 0 Å². The van der Waals surface area contributed by atoms with Gasteiger partial charge in [-0.05, 0) is 56.6 Å². The van der Waals surface area contributed by atoms with E-state index in [1.807, 2.05) is 11.3 Å². The first-order chi connectivity index (χ1) is 10.8. The van der Waals surface area contributed by atoms with Crippen molar-refractivity contribution in [3.8, 4) is 0 Å². The fraction of sp³-hybridized carbons (Fsp3) is 0.706. The lowest BCUT2D eigenvalue weighted by Crippen LogP contribution is -2.39. The van der Waals surface area contributed by atoms with Crippen molar-refractivity contribution in [2.75, 3.05) is 39.3 Å². The largest absolute Gasteiger partial charge is 0.357 e. The molecule has 0 radical (unpaired) electrons. The number of thiophene rings is 1. The average molecular weight is 323 g/mol. The van der Waals surface area contributed by atoms with Gasteiger partial charge in [0.05, 0.1) is 6.54 Å². The molecule has 0 bridgehead atoms. The minimum atomic E-state index is 0.878. The Labute approximate surface area is 139 Å². The number of piperidine rings is 1. The molecule has 1 aromatic heterocycles. The predicted octanol–water partition coefficient (Wildman–Crippen LogP) is 2.58. The van der Waals surface area contributed by atoms with Crippen LogP contribution in [-0.2, 0) is 6.42 Å². The summed E-state index contributed by atoms with van der Waals surface area (Å²) in [4.78, 5) is 8.66. The van der Waals surface area contributed by atoms with Crippen LogP contribution >= 0.6 is 11.3 Å². The molecule has 5 heteroatoms. The summed E-state index contributed by atoms with van der Waals surface area (Å²) in [6.07, 6.45) is 3.73. The second-order valence-corrected chi connectivity index (χ2v) is 7.07. The smallest absolute Gasteiger partial charge is 0.191 e. The number of nitrogens with one attached hydrogen (secondary N) is 2. The fourth-order valence-electron chi connectivity index (χ4n) is 2.69. The molecule has 22 heavy (non-hydrogen) atoms. The normalized spacial score (nSPS) is 17.6. The van der Waals surface area contributed by atoms with Crippen molar-refractivity contribution in [2.45, 2.75) is 33.1 Å². The van der Waals surface area contributed by atoms with Crippen LogP contribution in [0.5, 0.6) is 0 Å². The van der Waals surface area contributed by atoms with Crippen LogP contribution in [0.25, 0.3) is 0 Å². The summed E-state index contributed by atoms with van der Waals surface area (Å²) < 4.78 is 0. The molecule has 124 valence electrons. The molecule has 4 nitrogen and oxygen atoms in total. The van der Waals surface area contributed by atoms with Gasteiger partial charge in [-0.15, -0.1) is 11.3 Å². The number of likely N-dealkylation sites (tertiary alicyclic amines) is 1. The SMILES string of the molecule is CCNC(=NCCN1CCC(C)CC1)NCCc1cccs1. The standard InChI is InChI=1S/C17H30N4S/c1-3-18-17(19-9-6-16-5-4-14-22-16)20-10-13-21-11-7-15(2)8-12-21/h4-5,14-15H,3,6-13H2,1-2H3,(H2,18,19,20). The van der Waals surface area contributed by atoms with Gasteiger partial charge in [-0.25, -0.2) is 0 Å². The van der Waals surface area contributed by atoms with Crippen molar-refractivity contribution in [3.63, 3.8) is 0 Å². The van der Waals surface area contributed by atoms with Crippen molar-refractivity contribution >= 4 is 17.3 Å². The highest BCUT2D eigenvalue weighted by molar-refractivity contribution is 7.09. The van der Waals surface area contributed by atoms with Gasteiger partial charge in [0.2, 0.25) is 0 Å². The molecule has 0 saturated carbocycles. The van der Waals surface area contributed by atoms with Crippen molar-refractivity contribution in [1.82, 2.24) is 15.5 Å². The van der Waals surface area contributed by atoms with E-state index in [2.05, 4.69) is 46.9 Å². The number of nitrogens with zero attached hydrogens (tertiary/aromatic N) is 2. The number of rotatable bonds is 7. The van der Waals surface area contributed by atoms with E-state index >= 15 is 0 Å². The number of hydrogen-bond acceptors (Lipinski definition) is 3. The van der Waals surface area contributed by atoms with Gasteiger partial charge in [0, 0.05) is 24.5 Å². The highest BCUT2D eigenvalue weighted by Crippen LogP contribution is 2.15. The summed E-state index contributed by atoms with van der Waals surface area (Å²) >= 11 is 1.82. The Kier molecular flexibility index (Phi) is 7.74. The quantitative estimate of drug-likeness (QED) is 0.599. The van der Waals surface area contributed by atoms with E-state index in [9.17, 15) is 0 Å². The van der Waals surface area contributed by atoms with Gasteiger partial charge in [0.1, 0.15) is 0 Å². The van der Waals surface area contributed by atoms with Gasteiger partial charge in [-0.3, -0.25) is 4.99 Å². The number of aliphatic imine (C=N–C) groups is 1. The van der Waals surface area contributed by atoms with Crippen LogP contribution in [0.2, 0.25) is 0 Å². The molecular formula is C17H30N4S. The molecule has 1 aliphatic rings. The molecule has 0 atom stereocenters. The van der Waals surface area contributed by atoms with E-state index in [-0.39, 0.29) is 0 Å². The zero-order valence-corrected chi connectivity index (χ0v) is 14.8. The summed E-state index contributed by atoms with van der Waals surface area (Å²) in [6, 6.07) is 4.30. The minimum Gasteiger partial charge on any atom is -0.357 e. The van der Waals surface area contributed by atoms with Crippen LogP contribution in [0.4, 0.5) is 0 Å².